The van der Waals surface area contributed by atoms with Crippen LogP contribution in [-0.2, 0) is 11.2 Å². The minimum Gasteiger partial charge on any atom is -0.493 e. The van der Waals surface area contributed by atoms with Crippen molar-refractivity contribution in [2.24, 2.45) is 0 Å². The average Bonchev–Trinajstić information content (AvgIpc) is 2.39. The van der Waals surface area contributed by atoms with Crippen molar-refractivity contribution in [3.05, 3.63) is 29.3 Å². The third-order valence-electron chi connectivity index (χ3n) is 3.47. The number of hydrogen-bond acceptors (Lipinski definition) is 3. The lowest BCUT2D eigenvalue weighted by Gasteiger charge is -2.21. The molecule has 0 amide bonds. The Bertz CT molecular complexity index is 429. The average molecular weight is 247 g/mol. The van der Waals surface area contributed by atoms with E-state index in [1.165, 1.54) is 11.1 Å². The number of ether oxygens (including phenoxy) is 1. The van der Waals surface area contributed by atoms with Crippen molar-refractivity contribution in [3.8, 4) is 5.75 Å². The number of rotatable bonds is 5. The highest BCUT2D eigenvalue weighted by Gasteiger charge is 2.15. The highest BCUT2D eigenvalue weighted by molar-refractivity contribution is 5.75. The van der Waals surface area contributed by atoms with E-state index in [2.05, 4.69) is 23.5 Å². The van der Waals surface area contributed by atoms with Gasteiger partial charge < -0.3 is 14.8 Å². The second-order valence-corrected chi connectivity index (χ2v) is 4.90. The Labute approximate surface area is 109 Å². The predicted molar refractivity (Wildman–Crippen MR) is 72.0 cm³/mol. The Morgan fingerprint density at radius 3 is 3.06 bits per heavy atom. The van der Waals surface area contributed by atoms with Crippen molar-refractivity contribution in [1.29, 1.82) is 0 Å². The lowest BCUT2D eigenvalue weighted by atomic mass is 9.96. The van der Waals surface area contributed by atoms with Gasteiger partial charge in [0.2, 0.25) is 0 Å². The van der Waals surface area contributed by atoms with Gasteiger partial charge in [0.05, 0.1) is 6.61 Å². The number of nitrogens with one attached hydrogen (secondary N) is 1. The number of Topliss-reactive ketones (excluding diaryl/α,β-unsaturated/α-hetero) is 1. The summed E-state index contributed by atoms with van der Waals surface area (Å²) in [6, 6.07) is 6.63. The summed E-state index contributed by atoms with van der Waals surface area (Å²) in [5.41, 5.74) is 2.55. The van der Waals surface area contributed by atoms with Gasteiger partial charge in [-0.2, -0.15) is 0 Å². The fourth-order valence-electron chi connectivity index (χ4n) is 2.42. The fourth-order valence-corrected chi connectivity index (χ4v) is 2.42. The van der Waals surface area contributed by atoms with E-state index in [9.17, 15) is 4.79 Å². The molecule has 1 aromatic rings. The van der Waals surface area contributed by atoms with Gasteiger partial charge in [-0.25, -0.2) is 0 Å². The molecular weight excluding hydrogens is 226 g/mol. The first-order valence-electron chi connectivity index (χ1n) is 6.63. The third-order valence-corrected chi connectivity index (χ3v) is 3.47. The molecule has 1 heterocycles. The predicted octanol–water partition coefficient (Wildman–Crippen LogP) is 2.64. The molecule has 0 saturated carbocycles. The molecule has 1 aromatic carbocycles. The Kier molecular flexibility index (Phi) is 4.37. The van der Waals surface area contributed by atoms with Crippen LogP contribution < -0.4 is 10.1 Å². The molecule has 1 aliphatic heterocycles. The zero-order chi connectivity index (χ0) is 13.0. The van der Waals surface area contributed by atoms with E-state index < -0.39 is 0 Å². The first-order valence-corrected chi connectivity index (χ1v) is 6.63. The molecule has 0 fully saturated rings. The lowest BCUT2D eigenvalue weighted by molar-refractivity contribution is -0.117. The monoisotopic (exact) mass is 247 g/mol. The minimum atomic E-state index is 0.247. The molecule has 2 rings (SSSR count). The van der Waals surface area contributed by atoms with Crippen LogP contribution in [0.3, 0.4) is 0 Å². The fraction of sp³-hybridized carbons (Fsp3) is 0.533. The van der Waals surface area contributed by atoms with E-state index in [0.29, 0.717) is 6.42 Å². The van der Waals surface area contributed by atoms with E-state index in [4.69, 9.17) is 4.74 Å². The topological polar surface area (TPSA) is 38.3 Å². The molecule has 0 radical (unpaired) electrons. The van der Waals surface area contributed by atoms with E-state index in [-0.39, 0.29) is 11.8 Å². The van der Waals surface area contributed by atoms with Gasteiger partial charge in [-0.1, -0.05) is 12.1 Å². The molecule has 0 spiro atoms. The maximum absolute atomic E-state index is 11.1. The number of hydrogen-bond donors (Lipinski definition) is 1. The Hall–Kier alpha value is -1.35. The van der Waals surface area contributed by atoms with Gasteiger partial charge >= 0.3 is 0 Å². The minimum absolute atomic E-state index is 0.247. The van der Waals surface area contributed by atoms with Gasteiger partial charge in [-0.15, -0.1) is 0 Å². The van der Waals surface area contributed by atoms with Crippen LogP contribution in [0.1, 0.15) is 43.4 Å². The standard InChI is InChI=1S/C15H21NO2/c1-11(17)5-7-14(16-2)12-6-8-15-13(10-12)4-3-9-18-15/h6,8,10,14,16H,3-5,7,9H2,1-2H3. The van der Waals surface area contributed by atoms with E-state index in [1.54, 1.807) is 6.92 Å². The Balaban J connectivity index is 2.12. The smallest absolute Gasteiger partial charge is 0.129 e. The molecule has 0 bridgehead atoms. The third kappa shape index (κ3) is 3.10. The van der Waals surface area contributed by atoms with Crippen molar-refractivity contribution >= 4 is 5.78 Å². The highest BCUT2D eigenvalue weighted by Crippen LogP contribution is 2.29. The largest absolute Gasteiger partial charge is 0.493 e. The molecule has 0 aromatic heterocycles. The highest BCUT2D eigenvalue weighted by atomic mass is 16.5. The number of aryl methyl sites for hydroxylation is 1. The number of benzene rings is 1. The molecule has 1 aliphatic rings. The van der Waals surface area contributed by atoms with Crippen LogP contribution >= 0.6 is 0 Å². The van der Waals surface area contributed by atoms with E-state index >= 15 is 0 Å². The first-order chi connectivity index (χ1) is 8.70. The second-order valence-electron chi connectivity index (χ2n) is 4.90. The molecule has 0 aliphatic carbocycles. The van der Waals surface area contributed by atoms with Gasteiger partial charge in [0, 0.05) is 12.5 Å². The Morgan fingerprint density at radius 1 is 1.50 bits per heavy atom. The summed E-state index contributed by atoms with van der Waals surface area (Å²) in [4.78, 5) is 11.1. The summed E-state index contributed by atoms with van der Waals surface area (Å²) in [6.45, 7) is 2.47. The number of fused-ring (bicyclic) bond motifs is 1. The lowest BCUT2D eigenvalue weighted by Crippen LogP contribution is -2.18. The molecule has 1 N–H and O–H groups in total. The zero-order valence-electron chi connectivity index (χ0n) is 11.2. The van der Waals surface area contributed by atoms with Crippen LogP contribution in [0.2, 0.25) is 0 Å². The van der Waals surface area contributed by atoms with Crippen molar-refractivity contribution in [1.82, 2.24) is 5.32 Å². The van der Waals surface area contributed by atoms with Gasteiger partial charge in [0.1, 0.15) is 11.5 Å². The summed E-state index contributed by atoms with van der Waals surface area (Å²) in [5.74, 6) is 1.27. The normalized spacial score (nSPS) is 15.7. The zero-order valence-corrected chi connectivity index (χ0v) is 11.2. The molecule has 1 unspecified atom stereocenters. The Morgan fingerprint density at radius 2 is 2.33 bits per heavy atom. The van der Waals surface area contributed by atoms with Gasteiger partial charge in [-0.3, -0.25) is 0 Å². The summed E-state index contributed by atoms with van der Waals surface area (Å²) in [7, 11) is 1.95. The molecule has 1 atom stereocenters. The van der Waals surface area contributed by atoms with Gasteiger partial charge in [0.15, 0.2) is 0 Å². The first kappa shape index (κ1) is 13.1. The molecule has 98 valence electrons. The molecule has 3 nitrogen and oxygen atoms in total. The van der Waals surface area contributed by atoms with Crippen molar-refractivity contribution in [2.45, 2.75) is 38.6 Å². The van der Waals surface area contributed by atoms with E-state index in [1.807, 2.05) is 7.05 Å². The maximum Gasteiger partial charge on any atom is 0.129 e. The molecule has 0 saturated heterocycles. The van der Waals surface area contributed by atoms with Crippen LogP contribution in [0.4, 0.5) is 0 Å². The number of carbonyl (C=O) groups excluding carboxylic acids is 1. The number of ketones is 1. The van der Waals surface area contributed by atoms with Crippen LogP contribution in [0, 0.1) is 0 Å². The van der Waals surface area contributed by atoms with E-state index in [0.717, 1.165) is 31.6 Å². The van der Waals surface area contributed by atoms with Crippen LogP contribution in [-0.4, -0.2) is 19.4 Å². The summed E-state index contributed by atoms with van der Waals surface area (Å²) < 4.78 is 5.62. The number of carbonyl (C=O) groups is 1. The van der Waals surface area contributed by atoms with Crippen LogP contribution in [0.5, 0.6) is 5.75 Å². The van der Waals surface area contributed by atoms with Crippen molar-refractivity contribution in [2.75, 3.05) is 13.7 Å². The maximum atomic E-state index is 11.1. The van der Waals surface area contributed by atoms with Crippen molar-refractivity contribution in [3.63, 3.8) is 0 Å². The quantitative estimate of drug-likeness (QED) is 0.869. The van der Waals surface area contributed by atoms with Crippen molar-refractivity contribution < 1.29 is 9.53 Å². The summed E-state index contributed by atoms with van der Waals surface area (Å²) in [5, 5.41) is 3.29. The van der Waals surface area contributed by atoms with Crippen LogP contribution in [0.25, 0.3) is 0 Å². The molecular formula is C15H21NO2. The summed E-state index contributed by atoms with van der Waals surface area (Å²) >= 11 is 0. The molecule has 18 heavy (non-hydrogen) atoms. The summed E-state index contributed by atoms with van der Waals surface area (Å²) in [6.07, 6.45) is 3.66. The second kappa shape index (κ2) is 6.01. The van der Waals surface area contributed by atoms with Gasteiger partial charge in [-0.05, 0) is 50.4 Å². The SMILES string of the molecule is CNC(CCC(C)=O)c1ccc2c(c1)CCCO2. The van der Waals surface area contributed by atoms with Gasteiger partial charge in [0.25, 0.3) is 0 Å². The van der Waals surface area contributed by atoms with Crippen LogP contribution in [0.15, 0.2) is 18.2 Å². The molecule has 3 heteroatoms.